The average Bonchev–Trinajstić information content (AvgIpc) is 2.35. The lowest BCUT2D eigenvalue weighted by Gasteiger charge is -2.16. The molecule has 1 rings (SSSR count). The fourth-order valence-corrected chi connectivity index (χ4v) is 3.03. The van der Waals surface area contributed by atoms with Crippen molar-refractivity contribution in [1.29, 1.82) is 0 Å². The summed E-state index contributed by atoms with van der Waals surface area (Å²) in [7, 11) is -2.02. The lowest BCUT2D eigenvalue weighted by atomic mass is 10.2. The standard InChI is InChI=1S/C11H15NO4S2/c1-12(7-8-17-2)18(15,16)10-5-3-9(4-6-10)11(13)14/h3-6H,7-8H2,1-2H3,(H,13,14). The van der Waals surface area contributed by atoms with Crippen molar-refractivity contribution < 1.29 is 18.3 Å². The summed E-state index contributed by atoms with van der Waals surface area (Å²) in [5.74, 6) is -0.363. The summed E-state index contributed by atoms with van der Waals surface area (Å²) in [6.45, 7) is 0.421. The number of sulfonamides is 1. The summed E-state index contributed by atoms with van der Waals surface area (Å²) in [5.41, 5.74) is 0.0701. The van der Waals surface area contributed by atoms with Gasteiger partial charge in [0.15, 0.2) is 0 Å². The Morgan fingerprint density at radius 2 is 1.89 bits per heavy atom. The van der Waals surface area contributed by atoms with Crippen molar-refractivity contribution >= 4 is 27.8 Å². The molecule has 100 valence electrons. The Labute approximate surface area is 111 Å². The summed E-state index contributed by atoms with van der Waals surface area (Å²) >= 11 is 1.56. The summed E-state index contributed by atoms with van der Waals surface area (Å²) in [6, 6.07) is 5.21. The van der Waals surface area contributed by atoms with Crippen molar-refractivity contribution in [2.75, 3.05) is 25.6 Å². The Bertz CT molecular complexity index is 510. The van der Waals surface area contributed by atoms with Crippen molar-refractivity contribution in [1.82, 2.24) is 4.31 Å². The third-order valence-electron chi connectivity index (χ3n) is 2.42. The highest BCUT2D eigenvalue weighted by Gasteiger charge is 2.20. The molecule has 0 saturated heterocycles. The topological polar surface area (TPSA) is 74.7 Å². The zero-order valence-electron chi connectivity index (χ0n) is 10.2. The Morgan fingerprint density at radius 3 is 2.33 bits per heavy atom. The van der Waals surface area contributed by atoms with E-state index in [4.69, 9.17) is 5.11 Å². The van der Waals surface area contributed by atoms with Gasteiger partial charge in [0.05, 0.1) is 10.5 Å². The highest BCUT2D eigenvalue weighted by molar-refractivity contribution is 7.98. The highest BCUT2D eigenvalue weighted by atomic mass is 32.2. The molecule has 0 amide bonds. The van der Waals surface area contributed by atoms with Crippen LogP contribution in [0, 0.1) is 0 Å². The number of rotatable bonds is 6. The van der Waals surface area contributed by atoms with Crippen molar-refractivity contribution in [3.8, 4) is 0 Å². The molecule has 0 aliphatic carbocycles. The van der Waals surface area contributed by atoms with Crippen LogP contribution in [0.5, 0.6) is 0 Å². The molecule has 0 saturated carbocycles. The van der Waals surface area contributed by atoms with Crippen LogP contribution >= 0.6 is 11.8 Å². The van der Waals surface area contributed by atoms with Gasteiger partial charge in [-0.05, 0) is 30.5 Å². The first-order valence-corrected chi connectivity index (χ1v) is 8.01. The minimum absolute atomic E-state index is 0.0701. The van der Waals surface area contributed by atoms with Crippen molar-refractivity contribution in [2.45, 2.75) is 4.90 Å². The van der Waals surface area contributed by atoms with E-state index in [0.29, 0.717) is 12.3 Å². The molecule has 0 radical (unpaired) electrons. The summed E-state index contributed by atoms with van der Waals surface area (Å²) in [4.78, 5) is 10.8. The zero-order valence-corrected chi connectivity index (χ0v) is 11.8. The quantitative estimate of drug-likeness (QED) is 0.856. The van der Waals surface area contributed by atoms with Crippen molar-refractivity contribution in [2.24, 2.45) is 0 Å². The first-order chi connectivity index (χ1) is 8.39. The van der Waals surface area contributed by atoms with Crippen molar-refractivity contribution in [3.63, 3.8) is 0 Å². The second kappa shape index (κ2) is 6.21. The first-order valence-electron chi connectivity index (χ1n) is 5.18. The van der Waals surface area contributed by atoms with E-state index in [1.165, 1.54) is 35.6 Å². The molecule has 1 aromatic rings. The molecular formula is C11H15NO4S2. The molecule has 1 N–H and O–H groups in total. The number of carboxylic acids is 1. The number of hydrogen-bond acceptors (Lipinski definition) is 4. The van der Waals surface area contributed by atoms with Gasteiger partial charge in [-0.2, -0.15) is 11.8 Å². The number of carboxylic acid groups (broad SMARTS) is 1. The summed E-state index contributed by atoms with van der Waals surface area (Å²) in [6.07, 6.45) is 1.90. The van der Waals surface area contributed by atoms with Crippen LogP contribution in [0.15, 0.2) is 29.2 Å². The molecule has 0 fully saturated rings. The molecule has 0 aliphatic heterocycles. The van der Waals surface area contributed by atoms with Gasteiger partial charge >= 0.3 is 5.97 Å². The Hall–Kier alpha value is -1.05. The number of aromatic carboxylic acids is 1. The van der Waals surface area contributed by atoms with E-state index < -0.39 is 16.0 Å². The number of thioether (sulfide) groups is 1. The Kier molecular flexibility index (Phi) is 5.18. The molecule has 0 bridgehead atoms. The van der Waals surface area contributed by atoms with Crippen molar-refractivity contribution in [3.05, 3.63) is 29.8 Å². The molecule has 1 aromatic carbocycles. The van der Waals surface area contributed by atoms with E-state index >= 15 is 0 Å². The van der Waals surface area contributed by atoms with E-state index in [-0.39, 0.29) is 10.5 Å². The maximum Gasteiger partial charge on any atom is 0.335 e. The third kappa shape index (κ3) is 3.47. The lowest BCUT2D eigenvalue weighted by molar-refractivity contribution is 0.0696. The number of benzene rings is 1. The predicted molar refractivity (Wildman–Crippen MR) is 71.6 cm³/mol. The molecular weight excluding hydrogens is 274 g/mol. The fourth-order valence-electron chi connectivity index (χ4n) is 1.29. The van der Waals surface area contributed by atoms with E-state index in [1.807, 2.05) is 6.26 Å². The largest absolute Gasteiger partial charge is 0.478 e. The number of nitrogens with zero attached hydrogens (tertiary/aromatic N) is 1. The number of carbonyl (C=O) groups is 1. The van der Waals surface area contributed by atoms with Gasteiger partial charge in [0, 0.05) is 19.3 Å². The molecule has 18 heavy (non-hydrogen) atoms. The predicted octanol–water partition coefficient (Wildman–Crippen LogP) is 1.37. The van der Waals surface area contributed by atoms with Crippen LogP contribution in [0.25, 0.3) is 0 Å². The normalized spacial score (nSPS) is 11.7. The monoisotopic (exact) mass is 289 g/mol. The van der Waals surface area contributed by atoms with Crippen LogP contribution in [0.1, 0.15) is 10.4 Å². The van der Waals surface area contributed by atoms with Gasteiger partial charge in [0.25, 0.3) is 0 Å². The average molecular weight is 289 g/mol. The van der Waals surface area contributed by atoms with Crippen LogP contribution in [0.2, 0.25) is 0 Å². The fraction of sp³-hybridized carbons (Fsp3) is 0.364. The number of hydrogen-bond donors (Lipinski definition) is 1. The van der Waals surface area contributed by atoms with Gasteiger partial charge in [-0.25, -0.2) is 17.5 Å². The summed E-state index contributed by atoms with van der Waals surface area (Å²) < 4.78 is 25.4. The van der Waals surface area contributed by atoms with E-state index in [9.17, 15) is 13.2 Å². The van der Waals surface area contributed by atoms with Crippen LogP contribution in [-0.4, -0.2) is 49.4 Å². The van der Waals surface area contributed by atoms with E-state index in [1.54, 1.807) is 11.8 Å². The van der Waals surface area contributed by atoms with Crippen LogP contribution in [0.4, 0.5) is 0 Å². The smallest absolute Gasteiger partial charge is 0.335 e. The Morgan fingerprint density at radius 1 is 1.33 bits per heavy atom. The molecule has 0 heterocycles. The zero-order chi connectivity index (χ0) is 13.8. The second-order valence-corrected chi connectivity index (χ2v) is 6.68. The minimum Gasteiger partial charge on any atom is -0.478 e. The molecule has 0 spiro atoms. The maximum atomic E-state index is 12.1. The van der Waals surface area contributed by atoms with Crippen LogP contribution < -0.4 is 0 Å². The summed E-state index contributed by atoms with van der Waals surface area (Å²) in [5, 5.41) is 8.74. The first kappa shape index (κ1) is 15.0. The third-order valence-corrected chi connectivity index (χ3v) is 4.88. The van der Waals surface area contributed by atoms with Crippen LogP contribution in [-0.2, 0) is 10.0 Å². The Balaban J connectivity index is 2.94. The molecule has 0 aliphatic rings. The minimum atomic E-state index is -3.53. The highest BCUT2D eigenvalue weighted by Crippen LogP contribution is 2.15. The maximum absolute atomic E-state index is 12.1. The molecule has 7 heteroatoms. The lowest BCUT2D eigenvalue weighted by Crippen LogP contribution is -2.29. The molecule has 0 unspecified atom stereocenters. The second-order valence-electron chi connectivity index (χ2n) is 3.65. The van der Waals surface area contributed by atoms with E-state index in [0.717, 1.165) is 0 Å². The van der Waals surface area contributed by atoms with Gasteiger partial charge in [-0.15, -0.1) is 0 Å². The van der Waals surface area contributed by atoms with Gasteiger partial charge in [-0.3, -0.25) is 0 Å². The molecule has 0 atom stereocenters. The van der Waals surface area contributed by atoms with Gasteiger partial charge < -0.3 is 5.11 Å². The van der Waals surface area contributed by atoms with Gasteiger partial charge in [-0.1, -0.05) is 0 Å². The van der Waals surface area contributed by atoms with Gasteiger partial charge in [0.1, 0.15) is 0 Å². The molecule has 5 nitrogen and oxygen atoms in total. The van der Waals surface area contributed by atoms with E-state index in [2.05, 4.69) is 0 Å². The van der Waals surface area contributed by atoms with Crippen LogP contribution in [0.3, 0.4) is 0 Å². The molecule has 0 aromatic heterocycles. The SMILES string of the molecule is CSCCN(C)S(=O)(=O)c1ccc(C(=O)O)cc1. The van der Waals surface area contributed by atoms with Gasteiger partial charge in [0.2, 0.25) is 10.0 Å².